The first-order chi connectivity index (χ1) is 34.2. The second-order valence-corrected chi connectivity index (χ2v) is 18.0. The number of benzene rings is 11. The molecule has 0 saturated heterocycles. The van der Waals surface area contributed by atoms with Crippen molar-refractivity contribution in [3.63, 3.8) is 0 Å². The zero-order valence-corrected chi connectivity index (χ0v) is 37.0. The largest absolute Gasteiger partial charge is 0.456 e. The molecular weight excluding hydrogens is 843 g/mol. The number of fused-ring (bicyclic) bond motifs is 13. The Labute approximate surface area is 394 Å². The summed E-state index contributed by atoms with van der Waals surface area (Å²) in [5.41, 5.74) is 10.7. The average Bonchev–Trinajstić information content (AvgIpc) is 4.06. The van der Waals surface area contributed by atoms with Crippen LogP contribution >= 0.6 is 0 Å². The lowest BCUT2D eigenvalue weighted by Crippen LogP contribution is -2.02. The molecule has 0 aliphatic carbocycles. The highest BCUT2D eigenvalue weighted by atomic mass is 16.3. The summed E-state index contributed by atoms with van der Waals surface area (Å²) in [6.07, 6.45) is 0. The number of hydrogen-bond donors (Lipinski definition) is 0. The van der Waals surface area contributed by atoms with Crippen LogP contribution in [0.4, 0.5) is 0 Å². The van der Waals surface area contributed by atoms with Gasteiger partial charge in [-0.3, -0.25) is 0 Å². The van der Waals surface area contributed by atoms with Gasteiger partial charge in [-0.15, -0.1) is 0 Å². The fourth-order valence-electron chi connectivity index (χ4n) is 10.9. The molecule has 4 heterocycles. The second kappa shape index (κ2) is 14.6. The molecule has 0 spiro atoms. The predicted octanol–water partition coefficient (Wildman–Crippen LogP) is 16.4. The van der Waals surface area contributed by atoms with Gasteiger partial charge in [-0.2, -0.15) is 0 Å². The Morgan fingerprint density at radius 3 is 1.64 bits per heavy atom. The molecule has 0 amide bonds. The van der Waals surface area contributed by atoms with Gasteiger partial charge in [0.2, 0.25) is 0 Å². The summed E-state index contributed by atoms with van der Waals surface area (Å²) in [6, 6.07) is 79.8. The lowest BCUT2D eigenvalue weighted by molar-refractivity contribution is 0.669. The summed E-state index contributed by atoms with van der Waals surface area (Å²) < 4.78 is 11.8. The lowest BCUT2D eigenvalue weighted by Gasteiger charge is -2.14. The highest BCUT2D eigenvalue weighted by Gasteiger charge is 2.24. The van der Waals surface area contributed by atoms with E-state index in [4.69, 9.17) is 19.4 Å². The van der Waals surface area contributed by atoms with Crippen molar-refractivity contribution >= 4 is 97.9 Å². The van der Waals surface area contributed by atoms with Crippen LogP contribution in [0, 0.1) is 0 Å². The van der Waals surface area contributed by atoms with Crippen molar-refractivity contribution in [2.45, 2.75) is 0 Å². The highest BCUT2D eigenvalue weighted by molar-refractivity contribution is 6.25. The molecule has 0 N–H and O–H groups in total. The van der Waals surface area contributed by atoms with Crippen LogP contribution in [0.2, 0.25) is 0 Å². The Bertz CT molecular complexity index is 4600. The zero-order valence-electron chi connectivity index (χ0n) is 37.0. The Morgan fingerprint density at radius 2 is 0.870 bits per heavy atom. The van der Waals surface area contributed by atoms with Gasteiger partial charge in [0.1, 0.15) is 11.2 Å². The van der Waals surface area contributed by atoms with Crippen LogP contribution in [0.5, 0.6) is 0 Å². The Hall–Kier alpha value is -9.39. The molecule has 0 fully saturated rings. The number of hydrogen-bond acceptors (Lipinski definition) is 4. The molecule has 6 nitrogen and oxygen atoms in total. The van der Waals surface area contributed by atoms with Crippen LogP contribution in [0.15, 0.2) is 229 Å². The smallest absolute Gasteiger partial charge is 0.164 e. The standard InChI is InChI=1S/C63H37N5O/c1-3-16-39(17-4-1)61-64-62(44-27-29-49-48-25-13-14-26-52(48)67(54(49)34-44)46-22-5-2-6-23-46)66-63(65-61)45-35-56(60-51-32-41-19-8-10-21-43(41)36-57(51)69-58(60)37-45)68-53-30-28-38-15-11-12-24-47(38)59(53)50-31-40-18-7-9-20-42(40)33-55(50)68/h1-37H. The minimum Gasteiger partial charge on any atom is -0.456 e. The molecule has 6 heteroatoms. The molecule has 0 unspecified atom stereocenters. The van der Waals surface area contributed by atoms with E-state index < -0.39 is 0 Å². The summed E-state index contributed by atoms with van der Waals surface area (Å²) in [7, 11) is 0. The van der Waals surface area contributed by atoms with E-state index in [-0.39, 0.29) is 0 Å². The monoisotopic (exact) mass is 879 g/mol. The molecule has 320 valence electrons. The quantitative estimate of drug-likeness (QED) is 0.173. The minimum absolute atomic E-state index is 0.549. The Kier molecular flexibility index (Phi) is 7.97. The summed E-state index contributed by atoms with van der Waals surface area (Å²) in [6.45, 7) is 0. The summed E-state index contributed by atoms with van der Waals surface area (Å²) in [5.74, 6) is 1.72. The van der Waals surface area contributed by atoms with E-state index in [0.29, 0.717) is 17.5 Å². The van der Waals surface area contributed by atoms with Crippen LogP contribution in [0.3, 0.4) is 0 Å². The van der Waals surface area contributed by atoms with Crippen LogP contribution in [-0.4, -0.2) is 24.1 Å². The van der Waals surface area contributed by atoms with Gasteiger partial charge in [-0.1, -0.05) is 158 Å². The van der Waals surface area contributed by atoms with Crippen molar-refractivity contribution in [1.29, 1.82) is 0 Å². The number of para-hydroxylation sites is 2. The number of furan rings is 1. The molecule has 0 aliphatic rings. The van der Waals surface area contributed by atoms with Gasteiger partial charge in [0, 0.05) is 49.3 Å². The molecule has 15 aromatic rings. The van der Waals surface area contributed by atoms with Crippen LogP contribution in [-0.2, 0) is 0 Å². The van der Waals surface area contributed by atoms with Gasteiger partial charge in [0.05, 0.1) is 33.1 Å². The first-order valence-electron chi connectivity index (χ1n) is 23.3. The molecule has 69 heavy (non-hydrogen) atoms. The molecule has 4 aromatic heterocycles. The maximum Gasteiger partial charge on any atom is 0.164 e. The third-order valence-corrected chi connectivity index (χ3v) is 14.1. The van der Waals surface area contributed by atoms with Crippen LogP contribution < -0.4 is 0 Å². The van der Waals surface area contributed by atoms with Gasteiger partial charge < -0.3 is 13.6 Å². The van der Waals surface area contributed by atoms with Gasteiger partial charge in [-0.25, -0.2) is 15.0 Å². The Morgan fingerprint density at radius 1 is 0.290 bits per heavy atom. The first-order valence-corrected chi connectivity index (χ1v) is 23.3. The van der Waals surface area contributed by atoms with Gasteiger partial charge in [0.15, 0.2) is 17.5 Å². The molecule has 0 radical (unpaired) electrons. The van der Waals surface area contributed by atoms with E-state index in [1.807, 2.05) is 18.2 Å². The van der Waals surface area contributed by atoms with Crippen LogP contribution in [0.25, 0.3) is 143 Å². The predicted molar refractivity (Wildman–Crippen MR) is 285 cm³/mol. The fraction of sp³-hybridized carbons (Fsp3) is 0. The molecule has 0 saturated carbocycles. The van der Waals surface area contributed by atoms with E-state index in [9.17, 15) is 0 Å². The number of rotatable bonds is 5. The van der Waals surface area contributed by atoms with Gasteiger partial charge in [0.25, 0.3) is 0 Å². The zero-order chi connectivity index (χ0) is 45.2. The lowest BCUT2D eigenvalue weighted by atomic mass is 10.0. The third kappa shape index (κ3) is 5.76. The average molecular weight is 880 g/mol. The van der Waals surface area contributed by atoms with Gasteiger partial charge in [-0.05, 0) is 99.0 Å². The van der Waals surface area contributed by atoms with Crippen LogP contribution in [0.1, 0.15) is 0 Å². The summed E-state index contributed by atoms with van der Waals surface area (Å²) >= 11 is 0. The SMILES string of the molecule is c1ccc(-c2nc(-c3cc(-n4c5cc6ccccc6cc5c5c6ccccc6ccc54)c4c(c3)oc3cc5ccccc5cc34)nc(-c3ccc4c5ccccc5n(-c5ccccc5)c4c3)n2)cc1. The highest BCUT2D eigenvalue weighted by Crippen LogP contribution is 2.45. The normalized spacial score (nSPS) is 12.1. The van der Waals surface area contributed by atoms with E-state index in [2.05, 4.69) is 215 Å². The summed E-state index contributed by atoms with van der Waals surface area (Å²) in [5, 5.41) is 13.9. The third-order valence-electron chi connectivity index (χ3n) is 14.1. The van der Waals surface area contributed by atoms with E-state index in [1.165, 1.54) is 37.7 Å². The van der Waals surface area contributed by atoms with Crippen molar-refractivity contribution in [3.05, 3.63) is 224 Å². The van der Waals surface area contributed by atoms with Crippen molar-refractivity contribution in [2.24, 2.45) is 0 Å². The van der Waals surface area contributed by atoms with E-state index in [0.717, 1.165) is 88.2 Å². The molecular formula is C63H37N5O. The summed E-state index contributed by atoms with van der Waals surface area (Å²) in [4.78, 5) is 16.0. The Balaban J connectivity index is 1.04. The van der Waals surface area contributed by atoms with Crippen molar-refractivity contribution in [3.8, 4) is 45.5 Å². The molecule has 11 aromatic carbocycles. The fourth-order valence-corrected chi connectivity index (χ4v) is 10.9. The van der Waals surface area contributed by atoms with Gasteiger partial charge >= 0.3 is 0 Å². The topological polar surface area (TPSA) is 61.7 Å². The number of aromatic nitrogens is 5. The number of nitrogens with zero attached hydrogens (tertiary/aromatic N) is 5. The van der Waals surface area contributed by atoms with E-state index in [1.54, 1.807) is 0 Å². The maximum absolute atomic E-state index is 7.00. The molecule has 0 bridgehead atoms. The first kappa shape index (κ1) is 37.8. The minimum atomic E-state index is 0.549. The van der Waals surface area contributed by atoms with Crippen molar-refractivity contribution in [1.82, 2.24) is 24.1 Å². The second-order valence-electron chi connectivity index (χ2n) is 18.0. The molecule has 0 atom stereocenters. The molecule has 0 aliphatic heterocycles. The molecule has 15 rings (SSSR count). The maximum atomic E-state index is 7.00. The van der Waals surface area contributed by atoms with Crippen molar-refractivity contribution in [2.75, 3.05) is 0 Å². The van der Waals surface area contributed by atoms with Crippen molar-refractivity contribution < 1.29 is 4.42 Å². The van der Waals surface area contributed by atoms with E-state index >= 15 is 0 Å².